The molecule has 11 nitrogen and oxygen atoms in total. The van der Waals surface area contributed by atoms with Gasteiger partial charge >= 0.3 is 11.9 Å². The highest BCUT2D eigenvalue weighted by molar-refractivity contribution is 6.28. The second kappa shape index (κ2) is 12.6. The average Bonchev–Trinajstić information content (AvgIpc) is 3.54. The Kier molecular flexibility index (Phi) is 9.25. The number of hydrogen-bond donors (Lipinski definition) is 3. The second-order valence-corrected chi connectivity index (χ2v) is 10.1. The number of fused-ring (bicyclic) bond motifs is 1. The Hall–Kier alpha value is -3.72. The van der Waals surface area contributed by atoms with Crippen LogP contribution in [0.25, 0.3) is 11.2 Å². The Balaban J connectivity index is 1.56. The van der Waals surface area contributed by atoms with Gasteiger partial charge in [-0.05, 0) is 30.0 Å². The van der Waals surface area contributed by atoms with Gasteiger partial charge in [0.2, 0.25) is 5.28 Å². The zero-order chi connectivity index (χ0) is 28.9. The molecular weight excluding hydrogens is 538 g/mol. The predicted octanol–water partition coefficient (Wildman–Crippen LogP) is 4.17. The summed E-state index contributed by atoms with van der Waals surface area (Å²) >= 11 is 6.27. The van der Waals surface area contributed by atoms with E-state index in [4.69, 9.17) is 27.5 Å². The van der Waals surface area contributed by atoms with Crippen molar-refractivity contribution in [1.29, 1.82) is 0 Å². The second-order valence-electron chi connectivity index (χ2n) is 9.75. The van der Waals surface area contributed by atoms with Crippen LogP contribution in [0.5, 0.6) is 0 Å². The number of imidazole rings is 1. The number of nitrogens with zero attached hydrogens (tertiary/aromatic N) is 4. The molecular formula is C28H32ClN5O6. The predicted molar refractivity (Wildman–Crippen MR) is 148 cm³/mol. The molecule has 0 radical (unpaired) electrons. The number of terminal acetylenes is 1. The van der Waals surface area contributed by atoms with Gasteiger partial charge in [0, 0.05) is 18.9 Å². The molecule has 3 N–H and O–H groups in total. The molecule has 1 saturated heterocycles. The molecule has 1 aromatic carbocycles. The van der Waals surface area contributed by atoms with E-state index in [0.29, 0.717) is 29.0 Å². The maximum atomic E-state index is 12.2. The van der Waals surface area contributed by atoms with Crippen LogP contribution in [0, 0.1) is 18.3 Å². The van der Waals surface area contributed by atoms with E-state index in [1.165, 1.54) is 0 Å². The number of hydrogen-bond acceptors (Lipinski definition) is 8. The van der Waals surface area contributed by atoms with Crippen molar-refractivity contribution in [2.24, 2.45) is 5.92 Å². The SMILES string of the molecule is C#CC1CC(n2cnc3c(NC(CC)CCC)nc(Cl)nc32)OC1COC(Cc1ccccc1)(C(=O)O)C(=O)O. The standard InChI is InChI=1S/C28H32ClN5O6/c1-4-10-19(6-3)31-23-22-24(33-27(29)32-23)34(16-30-22)21-13-18(5-2)20(40-21)15-39-28(25(35)36,26(37)38)14-17-11-8-7-9-12-17/h2,7-9,11-12,16,18-21H,4,6,10,13-15H2,1,3H3,(H,35,36)(H,37,38)(H,31,32,33). The first-order valence-corrected chi connectivity index (χ1v) is 13.5. The van der Waals surface area contributed by atoms with Gasteiger partial charge in [-0.2, -0.15) is 9.97 Å². The maximum Gasteiger partial charge on any atom is 0.348 e. The zero-order valence-electron chi connectivity index (χ0n) is 22.3. The van der Waals surface area contributed by atoms with E-state index < -0.39 is 35.8 Å². The van der Waals surface area contributed by atoms with Gasteiger partial charge in [-0.25, -0.2) is 14.6 Å². The summed E-state index contributed by atoms with van der Waals surface area (Å²) in [5, 5.41) is 23.3. The van der Waals surface area contributed by atoms with Gasteiger partial charge in [0.15, 0.2) is 17.0 Å². The summed E-state index contributed by atoms with van der Waals surface area (Å²) in [6.07, 6.45) is 8.79. The van der Waals surface area contributed by atoms with Crippen LogP contribution in [0.4, 0.5) is 5.82 Å². The Bertz CT molecular complexity index is 1380. The van der Waals surface area contributed by atoms with Crippen LogP contribution in [0.2, 0.25) is 5.28 Å². The fourth-order valence-electron chi connectivity index (χ4n) is 4.88. The maximum absolute atomic E-state index is 12.2. The number of aliphatic carboxylic acids is 2. The lowest BCUT2D eigenvalue weighted by Gasteiger charge is -2.27. The van der Waals surface area contributed by atoms with Gasteiger partial charge < -0.3 is 25.0 Å². The highest BCUT2D eigenvalue weighted by atomic mass is 35.5. The molecule has 3 aromatic rings. The third-order valence-electron chi connectivity index (χ3n) is 7.11. The van der Waals surface area contributed by atoms with Crippen LogP contribution < -0.4 is 5.32 Å². The molecule has 1 aliphatic rings. The molecule has 3 heterocycles. The summed E-state index contributed by atoms with van der Waals surface area (Å²) in [6.45, 7) is 3.85. The number of anilines is 1. The Morgan fingerprint density at radius 3 is 2.62 bits per heavy atom. The first-order chi connectivity index (χ1) is 19.2. The minimum atomic E-state index is -2.51. The lowest BCUT2D eigenvalue weighted by atomic mass is 9.94. The molecule has 4 atom stereocenters. The number of rotatable bonds is 13. The average molecular weight is 570 g/mol. The van der Waals surface area contributed by atoms with Gasteiger partial charge in [0.25, 0.3) is 5.60 Å². The number of aromatic nitrogens is 4. The number of halogens is 1. The fraction of sp³-hybridized carbons (Fsp3) is 0.464. The largest absolute Gasteiger partial charge is 0.479 e. The minimum Gasteiger partial charge on any atom is -0.479 e. The van der Waals surface area contributed by atoms with E-state index in [1.807, 2.05) is 0 Å². The first kappa shape index (κ1) is 29.3. The van der Waals surface area contributed by atoms with Crippen LogP contribution in [-0.4, -0.2) is 66.0 Å². The van der Waals surface area contributed by atoms with E-state index in [9.17, 15) is 19.8 Å². The van der Waals surface area contributed by atoms with Gasteiger partial charge in [0.1, 0.15) is 6.23 Å². The van der Waals surface area contributed by atoms with Gasteiger partial charge in [-0.3, -0.25) is 4.57 Å². The van der Waals surface area contributed by atoms with Crippen LogP contribution >= 0.6 is 11.6 Å². The van der Waals surface area contributed by atoms with E-state index in [0.717, 1.165) is 19.3 Å². The summed E-state index contributed by atoms with van der Waals surface area (Å²) in [6, 6.07) is 8.62. The topological polar surface area (TPSA) is 149 Å². The van der Waals surface area contributed by atoms with E-state index in [-0.39, 0.29) is 24.4 Å². The van der Waals surface area contributed by atoms with Gasteiger partial charge in [0.05, 0.1) is 25.0 Å². The molecule has 4 rings (SSSR count). The van der Waals surface area contributed by atoms with Crippen LogP contribution in [-0.2, 0) is 25.5 Å². The number of benzene rings is 1. The molecule has 1 aliphatic heterocycles. The lowest BCUT2D eigenvalue weighted by Crippen LogP contribution is -2.52. The van der Waals surface area contributed by atoms with Crippen molar-refractivity contribution >= 4 is 40.5 Å². The Labute approximate surface area is 236 Å². The normalized spacial score (nSPS) is 19.8. The molecule has 0 bridgehead atoms. The number of ether oxygens (including phenoxy) is 2. The zero-order valence-corrected chi connectivity index (χ0v) is 23.0. The first-order valence-electron chi connectivity index (χ1n) is 13.1. The summed E-state index contributed by atoms with van der Waals surface area (Å²) in [5.41, 5.74) is -1.04. The molecule has 4 unspecified atom stereocenters. The van der Waals surface area contributed by atoms with Crippen LogP contribution in [0.3, 0.4) is 0 Å². The molecule has 12 heteroatoms. The summed E-state index contributed by atoms with van der Waals surface area (Å²) < 4.78 is 13.5. The molecule has 0 aliphatic carbocycles. The molecule has 212 valence electrons. The van der Waals surface area contributed by atoms with Crippen molar-refractivity contribution in [2.45, 2.75) is 69.9 Å². The highest BCUT2D eigenvalue weighted by Gasteiger charge is 2.50. The molecule has 1 fully saturated rings. The summed E-state index contributed by atoms with van der Waals surface area (Å²) in [4.78, 5) is 37.6. The molecule has 0 saturated carbocycles. The van der Waals surface area contributed by atoms with Crippen molar-refractivity contribution in [3.05, 3.63) is 47.5 Å². The molecule has 2 aromatic heterocycles. The monoisotopic (exact) mass is 569 g/mol. The summed E-state index contributed by atoms with van der Waals surface area (Å²) in [5.74, 6) is -0.526. The minimum absolute atomic E-state index is 0.0445. The van der Waals surface area contributed by atoms with Gasteiger partial charge in [-0.15, -0.1) is 12.3 Å². The Morgan fingerprint density at radius 1 is 1.27 bits per heavy atom. The van der Waals surface area contributed by atoms with Crippen molar-refractivity contribution in [3.8, 4) is 12.3 Å². The summed E-state index contributed by atoms with van der Waals surface area (Å²) in [7, 11) is 0. The van der Waals surface area contributed by atoms with Crippen molar-refractivity contribution in [1.82, 2.24) is 19.5 Å². The van der Waals surface area contributed by atoms with Crippen molar-refractivity contribution < 1.29 is 29.3 Å². The van der Waals surface area contributed by atoms with Gasteiger partial charge in [-0.1, -0.05) is 50.6 Å². The smallest absolute Gasteiger partial charge is 0.348 e. The fourth-order valence-corrected chi connectivity index (χ4v) is 5.04. The quantitative estimate of drug-likeness (QED) is 0.155. The number of carboxylic acid groups (broad SMARTS) is 2. The van der Waals surface area contributed by atoms with Crippen LogP contribution in [0.15, 0.2) is 36.7 Å². The van der Waals surface area contributed by atoms with Crippen molar-refractivity contribution in [2.75, 3.05) is 11.9 Å². The molecule has 40 heavy (non-hydrogen) atoms. The third-order valence-corrected chi connectivity index (χ3v) is 7.28. The highest BCUT2D eigenvalue weighted by Crippen LogP contribution is 2.37. The number of nitrogens with one attached hydrogen (secondary N) is 1. The van der Waals surface area contributed by atoms with Crippen molar-refractivity contribution in [3.63, 3.8) is 0 Å². The Morgan fingerprint density at radius 2 is 2.00 bits per heavy atom. The van der Waals surface area contributed by atoms with E-state index in [1.54, 1.807) is 41.2 Å². The van der Waals surface area contributed by atoms with E-state index >= 15 is 0 Å². The number of carboxylic acids is 2. The molecule has 0 amide bonds. The van der Waals surface area contributed by atoms with E-state index in [2.05, 4.69) is 40.0 Å². The third kappa shape index (κ3) is 6.04. The van der Waals surface area contributed by atoms with Crippen LogP contribution in [0.1, 0.15) is 51.3 Å². The lowest BCUT2D eigenvalue weighted by molar-refractivity contribution is -0.188. The molecule has 0 spiro atoms. The number of carbonyl (C=O) groups is 2.